The summed E-state index contributed by atoms with van der Waals surface area (Å²) in [5.74, 6) is 1.23. The number of ether oxygens (including phenoxy) is 1. The Bertz CT molecular complexity index is 774. The van der Waals surface area contributed by atoms with Gasteiger partial charge in [0.05, 0.1) is 25.4 Å². The third-order valence-electron chi connectivity index (χ3n) is 4.31. The molecule has 0 atom stereocenters. The minimum absolute atomic E-state index is 0.0312. The number of carbonyl (C=O) groups excluding carboxylic acids is 2. The first-order valence-corrected chi connectivity index (χ1v) is 8.56. The van der Waals surface area contributed by atoms with E-state index in [-0.39, 0.29) is 18.4 Å². The zero-order valence-corrected chi connectivity index (χ0v) is 14.9. The number of hydrogen-bond donors (Lipinski definition) is 1. The molecule has 7 heteroatoms. The molecule has 1 aliphatic rings. The van der Waals surface area contributed by atoms with E-state index in [0.29, 0.717) is 31.1 Å². The quantitative estimate of drug-likeness (QED) is 0.865. The highest BCUT2D eigenvalue weighted by molar-refractivity contribution is 5.94. The van der Waals surface area contributed by atoms with E-state index in [0.717, 1.165) is 11.3 Å². The molecule has 1 saturated heterocycles. The molecular formula is C19H22N4O3. The van der Waals surface area contributed by atoms with E-state index < -0.39 is 0 Å². The SMILES string of the molecule is CCN1CCN(c2ccc(NC(=O)Cc3ccc(OC)cc3)cn2)C1=O. The number of anilines is 2. The Kier molecular flexibility index (Phi) is 5.36. The summed E-state index contributed by atoms with van der Waals surface area (Å²) in [6, 6.07) is 10.8. The smallest absolute Gasteiger partial charge is 0.325 e. The molecule has 7 nitrogen and oxygen atoms in total. The van der Waals surface area contributed by atoms with Crippen molar-refractivity contribution in [2.45, 2.75) is 13.3 Å². The van der Waals surface area contributed by atoms with Crippen LogP contribution in [0.4, 0.5) is 16.3 Å². The molecule has 1 N–H and O–H groups in total. The summed E-state index contributed by atoms with van der Waals surface area (Å²) >= 11 is 0. The number of nitrogens with zero attached hydrogens (tertiary/aromatic N) is 3. The lowest BCUT2D eigenvalue weighted by Crippen LogP contribution is -2.32. The van der Waals surface area contributed by atoms with Gasteiger partial charge in [-0.1, -0.05) is 12.1 Å². The number of carbonyl (C=O) groups is 2. The van der Waals surface area contributed by atoms with E-state index in [2.05, 4.69) is 10.3 Å². The summed E-state index contributed by atoms with van der Waals surface area (Å²) in [4.78, 5) is 32.1. The maximum absolute atomic E-state index is 12.2. The van der Waals surface area contributed by atoms with Gasteiger partial charge in [-0.25, -0.2) is 9.78 Å². The summed E-state index contributed by atoms with van der Waals surface area (Å²) in [7, 11) is 1.61. The molecule has 1 fully saturated rings. The van der Waals surface area contributed by atoms with Crippen LogP contribution in [0, 0.1) is 0 Å². The van der Waals surface area contributed by atoms with E-state index in [1.54, 1.807) is 35.2 Å². The molecule has 0 unspecified atom stereocenters. The lowest BCUT2D eigenvalue weighted by Gasteiger charge is -2.16. The fourth-order valence-corrected chi connectivity index (χ4v) is 2.84. The topological polar surface area (TPSA) is 74.8 Å². The van der Waals surface area contributed by atoms with Crippen molar-refractivity contribution in [3.05, 3.63) is 48.2 Å². The summed E-state index contributed by atoms with van der Waals surface area (Å²) < 4.78 is 5.10. The molecule has 3 amide bonds. The average Bonchev–Trinajstić information content (AvgIpc) is 3.03. The summed E-state index contributed by atoms with van der Waals surface area (Å²) in [5.41, 5.74) is 1.50. The first kappa shape index (κ1) is 17.7. The highest BCUT2D eigenvalue weighted by atomic mass is 16.5. The van der Waals surface area contributed by atoms with Crippen molar-refractivity contribution in [3.8, 4) is 5.75 Å². The number of nitrogens with one attached hydrogen (secondary N) is 1. The van der Waals surface area contributed by atoms with Crippen LogP contribution in [0.2, 0.25) is 0 Å². The fourth-order valence-electron chi connectivity index (χ4n) is 2.84. The van der Waals surface area contributed by atoms with Crippen molar-refractivity contribution in [1.29, 1.82) is 0 Å². The third-order valence-corrected chi connectivity index (χ3v) is 4.31. The Hall–Kier alpha value is -3.09. The molecule has 136 valence electrons. The highest BCUT2D eigenvalue weighted by Crippen LogP contribution is 2.19. The van der Waals surface area contributed by atoms with Crippen LogP contribution in [0.5, 0.6) is 5.75 Å². The van der Waals surface area contributed by atoms with Crippen LogP contribution < -0.4 is 15.0 Å². The van der Waals surface area contributed by atoms with Gasteiger partial charge in [-0.3, -0.25) is 9.69 Å². The van der Waals surface area contributed by atoms with Gasteiger partial charge in [-0.15, -0.1) is 0 Å². The minimum Gasteiger partial charge on any atom is -0.497 e. The number of likely N-dealkylation sites (N-methyl/N-ethyl adjacent to an activating group) is 1. The van der Waals surface area contributed by atoms with Crippen molar-refractivity contribution in [2.75, 3.05) is 37.0 Å². The van der Waals surface area contributed by atoms with Crippen LogP contribution in [0.25, 0.3) is 0 Å². The lowest BCUT2D eigenvalue weighted by atomic mass is 10.1. The monoisotopic (exact) mass is 354 g/mol. The molecule has 26 heavy (non-hydrogen) atoms. The van der Waals surface area contributed by atoms with Crippen molar-refractivity contribution in [3.63, 3.8) is 0 Å². The number of rotatable bonds is 6. The second kappa shape index (κ2) is 7.86. The Balaban J connectivity index is 1.58. The number of methoxy groups -OCH3 is 1. The van der Waals surface area contributed by atoms with Crippen LogP contribution in [-0.2, 0) is 11.2 Å². The van der Waals surface area contributed by atoms with Gasteiger partial charge in [-0.05, 0) is 36.8 Å². The van der Waals surface area contributed by atoms with Crippen LogP contribution in [0.1, 0.15) is 12.5 Å². The largest absolute Gasteiger partial charge is 0.497 e. The number of hydrogen-bond acceptors (Lipinski definition) is 4. The number of amides is 3. The Morgan fingerprint density at radius 2 is 1.96 bits per heavy atom. The van der Waals surface area contributed by atoms with E-state index in [1.165, 1.54) is 0 Å². The summed E-state index contributed by atoms with van der Waals surface area (Å²) in [5, 5.41) is 2.82. The second-order valence-corrected chi connectivity index (χ2v) is 5.99. The van der Waals surface area contributed by atoms with Gasteiger partial charge < -0.3 is 15.0 Å². The maximum atomic E-state index is 12.2. The van der Waals surface area contributed by atoms with E-state index in [1.807, 2.05) is 31.2 Å². The third kappa shape index (κ3) is 3.93. The average molecular weight is 354 g/mol. The fraction of sp³-hybridized carbons (Fsp3) is 0.316. The molecule has 3 rings (SSSR count). The molecular weight excluding hydrogens is 332 g/mol. The maximum Gasteiger partial charge on any atom is 0.325 e. The van der Waals surface area contributed by atoms with Crippen molar-refractivity contribution in [1.82, 2.24) is 9.88 Å². The van der Waals surface area contributed by atoms with Gasteiger partial charge in [0.25, 0.3) is 0 Å². The number of pyridine rings is 1. The van der Waals surface area contributed by atoms with Crippen LogP contribution in [0.15, 0.2) is 42.6 Å². The van der Waals surface area contributed by atoms with Crippen molar-refractivity contribution < 1.29 is 14.3 Å². The van der Waals surface area contributed by atoms with Crippen molar-refractivity contribution in [2.24, 2.45) is 0 Å². The summed E-state index contributed by atoms with van der Waals surface area (Å²) in [6.07, 6.45) is 1.84. The lowest BCUT2D eigenvalue weighted by molar-refractivity contribution is -0.115. The molecule has 1 aliphatic heterocycles. The second-order valence-electron chi connectivity index (χ2n) is 5.99. The van der Waals surface area contributed by atoms with Gasteiger partial charge in [-0.2, -0.15) is 0 Å². The molecule has 2 aromatic rings. The van der Waals surface area contributed by atoms with Gasteiger partial charge in [0.2, 0.25) is 5.91 Å². The highest BCUT2D eigenvalue weighted by Gasteiger charge is 2.28. The number of aromatic nitrogens is 1. The standard InChI is InChI=1S/C19H22N4O3/c1-3-22-10-11-23(19(22)25)17-9-6-15(13-20-17)21-18(24)12-14-4-7-16(26-2)8-5-14/h4-9,13H,3,10-12H2,1-2H3,(H,21,24). The molecule has 0 bridgehead atoms. The molecule has 1 aromatic heterocycles. The Labute approximate surface area is 152 Å². The molecule has 1 aromatic carbocycles. The van der Waals surface area contributed by atoms with E-state index in [9.17, 15) is 9.59 Å². The van der Waals surface area contributed by atoms with Crippen LogP contribution in [0.3, 0.4) is 0 Å². The molecule has 0 spiro atoms. The first-order valence-electron chi connectivity index (χ1n) is 8.56. The number of urea groups is 1. The van der Waals surface area contributed by atoms with Crippen LogP contribution in [-0.4, -0.2) is 48.6 Å². The van der Waals surface area contributed by atoms with E-state index in [4.69, 9.17) is 4.74 Å². The van der Waals surface area contributed by atoms with Crippen LogP contribution >= 0.6 is 0 Å². The van der Waals surface area contributed by atoms with Gasteiger partial charge in [0.15, 0.2) is 0 Å². The Morgan fingerprint density at radius 1 is 1.19 bits per heavy atom. The molecule has 0 radical (unpaired) electrons. The van der Waals surface area contributed by atoms with Gasteiger partial charge in [0, 0.05) is 19.6 Å². The molecule has 0 saturated carbocycles. The summed E-state index contributed by atoms with van der Waals surface area (Å²) in [6.45, 7) is 3.98. The molecule has 0 aliphatic carbocycles. The zero-order valence-electron chi connectivity index (χ0n) is 14.9. The van der Waals surface area contributed by atoms with Crippen molar-refractivity contribution >= 4 is 23.4 Å². The van der Waals surface area contributed by atoms with Gasteiger partial charge >= 0.3 is 6.03 Å². The van der Waals surface area contributed by atoms with E-state index >= 15 is 0 Å². The predicted molar refractivity (Wildman–Crippen MR) is 99.6 cm³/mol. The normalized spacial score (nSPS) is 13.8. The minimum atomic E-state index is -0.126. The number of benzene rings is 1. The zero-order chi connectivity index (χ0) is 18.5. The predicted octanol–water partition coefficient (Wildman–Crippen LogP) is 2.53. The first-order chi connectivity index (χ1) is 12.6. The van der Waals surface area contributed by atoms with Gasteiger partial charge in [0.1, 0.15) is 11.6 Å². The molecule has 2 heterocycles. The Morgan fingerprint density at radius 3 is 2.54 bits per heavy atom.